The van der Waals surface area contributed by atoms with Crippen molar-refractivity contribution in [2.45, 2.75) is 38.8 Å². The highest BCUT2D eigenvalue weighted by atomic mass is 16.5. The third kappa shape index (κ3) is 4.29. The van der Waals surface area contributed by atoms with Crippen LogP contribution in [0, 0.1) is 0 Å². The Bertz CT molecular complexity index is 1060. The topological polar surface area (TPSA) is 93.8 Å². The molecule has 1 aliphatic heterocycles. The molecule has 0 unspecified atom stereocenters. The number of fused-ring (bicyclic) bond motifs is 1. The van der Waals surface area contributed by atoms with E-state index >= 15 is 0 Å². The Morgan fingerprint density at radius 2 is 1.87 bits per heavy atom. The van der Waals surface area contributed by atoms with E-state index in [4.69, 9.17) is 4.74 Å². The summed E-state index contributed by atoms with van der Waals surface area (Å²) in [5.74, 6) is 1.18. The van der Waals surface area contributed by atoms with E-state index in [9.17, 15) is 9.59 Å². The van der Waals surface area contributed by atoms with Crippen LogP contribution in [0.3, 0.4) is 0 Å². The van der Waals surface area contributed by atoms with E-state index < -0.39 is 0 Å². The van der Waals surface area contributed by atoms with Gasteiger partial charge in [-0.3, -0.25) is 4.79 Å². The van der Waals surface area contributed by atoms with Gasteiger partial charge in [0, 0.05) is 32.0 Å². The summed E-state index contributed by atoms with van der Waals surface area (Å²) in [5.41, 5.74) is 1.09. The molecule has 158 valence electrons. The number of ether oxygens (including phenoxy) is 1. The Morgan fingerprint density at radius 3 is 2.57 bits per heavy atom. The maximum atomic E-state index is 12.7. The lowest BCUT2D eigenvalue weighted by atomic mass is 10.2. The summed E-state index contributed by atoms with van der Waals surface area (Å²) in [6.07, 6.45) is 7.81. The number of anilines is 1. The van der Waals surface area contributed by atoms with Crippen molar-refractivity contribution in [1.82, 2.24) is 24.5 Å². The molecule has 2 aromatic heterocycles. The summed E-state index contributed by atoms with van der Waals surface area (Å²) in [7, 11) is 1.61. The van der Waals surface area contributed by atoms with Crippen molar-refractivity contribution >= 4 is 17.4 Å². The molecule has 1 saturated heterocycles. The number of nitrogens with one attached hydrogen (secondary N) is 1. The summed E-state index contributed by atoms with van der Waals surface area (Å²) in [5, 5.41) is 7.25. The van der Waals surface area contributed by atoms with Crippen LogP contribution >= 0.6 is 0 Å². The van der Waals surface area contributed by atoms with Gasteiger partial charge in [-0.1, -0.05) is 25.0 Å². The van der Waals surface area contributed by atoms with Crippen molar-refractivity contribution in [1.29, 1.82) is 0 Å². The van der Waals surface area contributed by atoms with Crippen LogP contribution in [0.15, 0.2) is 41.5 Å². The summed E-state index contributed by atoms with van der Waals surface area (Å²) in [6, 6.07) is 7.45. The number of rotatable bonds is 6. The number of hydrogen-bond acceptors (Lipinski definition) is 6. The lowest BCUT2D eigenvalue weighted by Crippen LogP contribution is -2.32. The van der Waals surface area contributed by atoms with Crippen molar-refractivity contribution < 1.29 is 9.53 Å². The minimum atomic E-state index is -0.344. The molecular weight excluding hydrogens is 384 g/mol. The average Bonchev–Trinajstić information content (AvgIpc) is 2.95. The maximum absolute atomic E-state index is 12.7. The Labute approximate surface area is 174 Å². The minimum absolute atomic E-state index is 0.143. The van der Waals surface area contributed by atoms with Crippen LogP contribution in [0.25, 0.3) is 5.65 Å². The highest BCUT2D eigenvalue weighted by molar-refractivity contribution is 5.75. The number of amides is 1. The van der Waals surface area contributed by atoms with E-state index in [1.165, 1.54) is 21.9 Å². The van der Waals surface area contributed by atoms with Crippen LogP contribution in [-0.4, -0.2) is 45.3 Å². The molecule has 1 amide bonds. The maximum Gasteiger partial charge on any atom is 0.350 e. The first-order chi connectivity index (χ1) is 14.7. The molecule has 1 N–H and O–H groups in total. The number of carbonyl (C=O) groups excluding carboxylic acids is 1. The van der Waals surface area contributed by atoms with Crippen LogP contribution in [0.5, 0.6) is 5.75 Å². The quantitative estimate of drug-likeness (QED) is 0.663. The fraction of sp³-hybridized carbons (Fsp3) is 0.429. The van der Waals surface area contributed by atoms with Crippen molar-refractivity contribution in [3.8, 4) is 5.75 Å². The highest BCUT2D eigenvalue weighted by Crippen LogP contribution is 2.20. The largest absolute Gasteiger partial charge is 0.497 e. The van der Waals surface area contributed by atoms with Gasteiger partial charge in [0.05, 0.1) is 7.11 Å². The molecule has 0 atom stereocenters. The molecule has 0 spiro atoms. The predicted octanol–water partition coefficient (Wildman–Crippen LogP) is 1.60. The molecule has 1 aromatic carbocycles. The molecule has 0 saturated carbocycles. The molecule has 0 aliphatic carbocycles. The smallest absolute Gasteiger partial charge is 0.350 e. The Balaban J connectivity index is 1.48. The second-order valence-electron chi connectivity index (χ2n) is 7.41. The van der Waals surface area contributed by atoms with Crippen molar-refractivity contribution in [3.05, 3.63) is 52.7 Å². The number of benzene rings is 1. The molecule has 9 heteroatoms. The minimum Gasteiger partial charge on any atom is -0.497 e. The van der Waals surface area contributed by atoms with Crippen LogP contribution in [-0.2, 0) is 17.9 Å². The number of hydrogen-bond donors (Lipinski definition) is 1. The summed E-state index contributed by atoms with van der Waals surface area (Å²) >= 11 is 0. The van der Waals surface area contributed by atoms with Gasteiger partial charge in [0.2, 0.25) is 11.6 Å². The van der Waals surface area contributed by atoms with Crippen molar-refractivity contribution in [2.75, 3.05) is 25.1 Å². The fourth-order valence-electron chi connectivity index (χ4n) is 3.68. The van der Waals surface area contributed by atoms with E-state index in [0.717, 1.165) is 37.2 Å². The molecule has 0 bridgehead atoms. The number of nitrogens with zero attached hydrogens (tertiary/aromatic N) is 5. The second kappa shape index (κ2) is 8.98. The fourth-order valence-corrected chi connectivity index (χ4v) is 3.68. The van der Waals surface area contributed by atoms with E-state index in [-0.39, 0.29) is 18.1 Å². The number of carbonyl (C=O) groups is 1. The zero-order valence-electron chi connectivity index (χ0n) is 17.1. The van der Waals surface area contributed by atoms with Gasteiger partial charge in [-0.15, -0.1) is 5.10 Å². The predicted molar refractivity (Wildman–Crippen MR) is 113 cm³/mol. The van der Waals surface area contributed by atoms with Gasteiger partial charge in [-0.05, 0) is 30.5 Å². The number of methoxy groups -OCH3 is 1. The third-order valence-corrected chi connectivity index (χ3v) is 5.33. The van der Waals surface area contributed by atoms with Gasteiger partial charge in [0.1, 0.15) is 12.3 Å². The van der Waals surface area contributed by atoms with Gasteiger partial charge in [0.25, 0.3) is 0 Å². The lowest BCUT2D eigenvalue weighted by molar-refractivity contribution is -0.122. The molecule has 0 radical (unpaired) electrons. The molecule has 1 aliphatic rings. The monoisotopic (exact) mass is 410 g/mol. The molecule has 3 aromatic rings. The molecule has 4 rings (SSSR count). The van der Waals surface area contributed by atoms with Crippen molar-refractivity contribution in [3.63, 3.8) is 0 Å². The van der Waals surface area contributed by atoms with E-state index in [1.807, 2.05) is 24.3 Å². The zero-order valence-corrected chi connectivity index (χ0v) is 17.1. The molecule has 30 heavy (non-hydrogen) atoms. The first-order valence-corrected chi connectivity index (χ1v) is 10.2. The van der Waals surface area contributed by atoms with Gasteiger partial charge in [-0.2, -0.15) is 0 Å². The van der Waals surface area contributed by atoms with Gasteiger partial charge in [-0.25, -0.2) is 18.9 Å². The highest BCUT2D eigenvalue weighted by Gasteiger charge is 2.19. The van der Waals surface area contributed by atoms with E-state index in [0.29, 0.717) is 18.0 Å². The lowest BCUT2D eigenvalue weighted by Gasteiger charge is -2.20. The van der Waals surface area contributed by atoms with Crippen molar-refractivity contribution in [2.24, 2.45) is 0 Å². The van der Waals surface area contributed by atoms with Gasteiger partial charge in [0.15, 0.2) is 5.82 Å². The Kier molecular flexibility index (Phi) is 5.97. The standard InChI is InChI=1S/C21H26N6O3/c1-30-17-8-6-16(7-9-17)14-23-18(28)15-27-21(29)26-13-10-22-19(20(26)24-27)25-11-4-2-3-5-12-25/h6-10,13H,2-5,11-12,14-15H2,1H3,(H,23,28). The normalized spacial score (nSPS) is 14.5. The van der Waals surface area contributed by atoms with E-state index in [2.05, 4.69) is 20.3 Å². The molecule has 9 nitrogen and oxygen atoms in total. The van der Waals surface area contributed by atoms with Crippen LogP contribution < -0.4 is 20.6 Å². The van der Waals surface area contributed by atoms with Crippen LogP contribution in [0.2, 0.25) is 0 Å². The molecule has 3 heterocycles. The second-order valence-corrected chi connectivity index (χ2v) is 7.41. The Morgan fingerprint density at radius 1 is 1.13 bits per heavy atom. The van der Waals surface area contributed by atoms with Gasteiger partial charge < -0.3 is 15.0 Å². The first kappa shape index (κ1) is 19.9. The number of aromatic nitrogens is 4. The first-order valence-electron chi connectivity index (χ1n) is 10.2. The summed E-state index contributed by atoms with van der Waals surface area (Å²) in [4.78, 5) is 31.8. The zero-order chi connectivity index (χ0) is 20.9. The SMILES string of the molecule is COc1ccc(CNC(=O)Cn2nc3c(N4CCCCCC4)nccn3c2=O)cc1. The Hall–Kier alpha value is -3.36. The van der Waals surface area contributed by atoms with E-state index in [1.54, 1.807) is 19.5 Å². The third-order valence-electron chi connectivity index (χ3n) is 5.33. The van der Waals surface area contributed by atoms with Gasteiger partial charge >= 0.3 is 5.69 Å². The molecular formula is C21H26N6O3. The average molecular weight is 410 g/mol. The van der Waals surface area contributed by atoms with Crippen LogP contribution in [0.4, 0.5) is 5.82 Å². The summed E-state index contributed by atoms with van der Waals surface area (Å²) in [6.45, 7) is 2.02. The molecule has 1 fully saturated rings. The summed E-state index contributed by atoms with van der Waals surface area (Å²) < 4.78 is 7.79. The van der Waals surface area contributed by atoms with Crippen LogP contribution in [0.1, 0.15) is 31.2 Å².